The van der Waals surface area contributed by atoms with Crippen LogP contribution in [0.3, 0.4) is 0 Å². The molecule has 0 aromatic heterocycles. The van der Waals surface area contributed by atoms with Crippen LogP contribution in [0, 0.1) is 5.92 Å². The van der Waals surface area contributed by atoms with E-state index in [9.17, 15) is 18.0 Å². The number of carbonyl (C=O) groups excluding carboxylic acids is 2. The molecule has 1 aliphatic heterocycles. The molecule has 0 aromatic carbocycles. The summed E-state index contributed by atoms with van der Waals surface area (Å²) < 4.78 is 34.4. The average molecular weight is 293 g/mol. The van der Waals surface area contributed by atoms with Gasteiger partial charge in [0.05, 0.1) is 32.3 Å². The maximum Gasteiger partial charge on any atom is 0.309 e. The molecule has 19 heavy (non-hydrogen) atoms. The van der Waals surface area contributed by atoms with E-state index in [1.807, 2.05) is 0 Å². The molecule has 1 atom stereocenters. The van der Waals surface area contributed by atoms with E-state index in [4.69, 9.17) is 0 Å². The molecule has 1 heterocycles. The summed E-state index contributed by atoms with van der Waals surface area (Å²) in [5, 5.41) is 0. The highest BCUT2D eigenvalue weighted by Crippen LogP contribution is 2.20. The lowest BCUT2D eigenvalue weighted by atomic mass is 10.0. The van der Waals surface area contributed by atoms with Gasteiger partial charge in [-0.1, -0.05) is 0 Å². The molecular formula is C11H19NO6S. The Morgan fingerprint density at radius 1 is 1.26 bits per heavy atom. The smallest absolute Gasteiger partial charge is 0.309 e. The first-order valence-corrected chi connectivity index (χ1v) is 7.64. The summed E-state index contributed by atoms with van der Waals surface area (Å²) in [7, 11) is -1.04. The number of nitrogens with zero attached hydrogens (tertiary/aromatic N) is 1. The number of rotatable bonds is 5. The summed E-state index contributed by atoms with van der Waals surface area (Å²) in [6.07, 6.45) is 1.05. The van der Waals surface area contributed by atoms with Crippen LogP contribution >= 0.6 is 0 Å². The van der Waals surface area contributed by atoms with Crippen LogP contribution in [0.1, 0.15) is 19.3 Å². The highest BCUT2D eigenvalue weighted by atomic mass is 32.2. The number of methoxy groups -OCH3 is 2. The normalized spacial score (nSPS) is 20.8. The highest BCUT2D eigenvalue weighted by Gasteiger charge is 2.32. The lowest BCUT2D eigenvalue weighted by Gasteiger charge is -2.30. The van der Waals surface area contributed by atoms with Gasteiger partial charge in [-0.2, -0.15) is 0 Å². The third-order valence-electron chi connectivity index (χ3n) is 3.10. The lowest BCUT2D eigenvalue weighted by Crippen LogP contribution is -2.43. The SMILES string of the molecule is COC(=O)CCS(=O)(=O)N1CCC[C@H](C(=O)OC)C1. The van der Waals surface area contributed by atoms with Gasteiger partial charge in [0.2, 0.25) is 10.0 Å². The monoisotopic (exact) mass is 293 g/mol. The average Bonchev–Trinajstić information content (AvgIpc) is 2.44. The van der Waals surface area contributed by atoms with E-state index < -0.39 is 27.9 Å². The van der Waals surface area contributed by atoms with Crippen molar-refractivity contribution in [2.24, 2.45) is 5.92 Å². The Morgan fingerprint density at radius 3 is 2.53 bits per heavy atom. The molecule has 0 amide bonds. The first kappa shape index (κ1) is 15.9. The summed E-state index contributed by atoms with van der Waals surface area (Å²) >= 11 is 0. The third kappa shape index (κ3) is 4.46. The molecule has 7 nitrogen and oxygen atoms in total. The maximum absolute atomic E-state index is 12.0. The van der Waals surface area contributed by atoms with Crippen LogP contribution < -0.4 is 0 Å². The lowest BCUT2D eigenvalue weighted by molar-refractivity contribution is -0.146. The Morgan fingerprint density at radius 2 is 1.95 bits per heavy atom. The van der Waals surface area contributed by atoms with Crippen LogP contribution in [0.5, 0.6) is 0 Å². The summed E-state index contributed by atoms with van der Waals surface area (Å²) in [6, 6.07) is 0. The zero-order valence-electron chi connectivity index (χ0n) is 11.1. The molecule has 1 fully saturated rings. The van der Waals surface area contributed by atoms with Crippen molar-refractivity contribution in [2.75, 3.05) is 33.1 Å². The van der Waals surface area contributed by atoms with E-state index in [0.717, 1.165) is 0 Å². The van der Waals surface area contributed by atoms with E-state index in [1.165, 1.54) is 18.5 Å². The number of sulfonamides is 1. The molecule has 110 valence electrons. The van der Waals surface area contributed by atoms with E-state index >= 15 is 0 Å². The second kappa shape index (κ2) is 6.85. The third-order valence-corrected chi connectivity index (χ3v) is 4.94. The van der Waals surface area contributed by atoms with Crippen molar-refractivity contribution in [1.82, 2.24) is 4.31 Å². The number of esters is 2. The van der Waals surface area contributed by atoms with Crippen molar-refractivity contribution in [3.8, 4) is 0 Å². The molecule has 0 radical (unpaired) electrons. The molecule has 1 saturated heterocycles. The molecule has 0 bridgehead atoms. The molecule has 0 saturated carbocycles. The number of hydrogen-bond donors (Lipinski definition) is 0. The highest BCUT2D eigenvalue weighted by molar-refractivity contribution is 7.89. The van der Waals surface area contributed by atoms with E-state index in [1.54, 1.807) is 0 Å². The van der Waals surface area contributed by atoms with Crippen LogP contribution in [0.25, 0.3) is 0 Å². The zero-order valence-corrected chi connectivity index (χ0v) is 11.9. The van der Waals surface area contributed by atoms with Gasteiger partial charge in [-0.15, -0.1) is 0 Å². The van der Waals surface area contributed by atoms with Gasteiger partial charge in [-0.3, -0.25) is 9.59 Å². The quantitative estimate of drug-likeness (QED) is 0.650. The van der Waals surface area contributed by atoms with Gasteiger partial charge >= 0.3 is 11.9 Å². The second-order valence-corrected chi connectivity index (χ2v) is 6.45. The Kier molecular flexibility index (Phi) is 5.74. The van der Waals surface area contributed by atoms with Gasteiger partial charge in [0.1, 0.15) is 0 Å². The fourth-order valence-corrected chi connectivity index (χ4v) is 3.49. The fourth-order valence-electron chi connectivity index (χ4n) is 2.00. The summed E-state index contributed by atoms with van der Waals surface area (Å²) in [6.45, 7) is 0.493. The topological polar surface area (TPSA) is 90.0 Å². The van der Waals surface area contributed by atoms with Gasteiger partial charge in [0.25, 0.3) is 0 Å². The number of hydrogen-bond acceptors (Lipinski definition) is 6. The van der Waals surface area contributed by atoms with Gasteiger partial charge in [-0.05, 0) is 12.8 Å². The van der Waals surface area contributed by atoms with Crippen molar-refractivity contribution in [3.05, 3.63) is 0 Å². The molecule has 0 spiro atoms. The second-order valence-electron chi connectivity index (χ2n) is 4.36. The van der Waals surface area contributed by atoms with Crippen LogP contribution in [-0.2, 0) is 29.1 Å². The number of carbonyl (C=O) groups is 2. The van der Waals surface area contributed by atoms with Crippen molar-refractivity contribution in [1.29, 1.82) is 0 Å². The van der Waals surface area contributed by atoms with Crippen molar-refractivity contribution >= 4 is 22.0 Å². The van der Waals surface area contributed by atoms with Gasteiger partial charge in [-0.25, -0.2) is 12.7 Å². The summed E-state index contributed by atoms with van der Waals surface area (Å²) in [4.78, 5) is 22.4. The van der Waals surface area contributed by atoms with Crippen LogP contribution in [0.4, 0.5) is 0 Å². The Bertz CT molecular complexity index is 432. The Balaban J connectivity index is 2.62. The van der Waals surface area contributed by atoms with E-state index in [0.29, 0.717) is 19.4 Å². The summed E-state index contributed by atoms with van der Waals surface area (Å²) in [5.74, 6) is -1.68. The molecule has 0 aliphatic carbocycles. The number of piperidine rings is 1. The standard InChI is InChI=1S/C11H19NO6S/c1-17-10(13)5-7-19(15,16)12-6-3-4-9(8-12)11(14)18-2/h9H,3-8H2,1-2H3/t9-/m0/s1. The minimum atomic E-state index is -3.54. The molecule has 0 unspecified atom stereocenters. The van der Waals surface area contributed by atoms with Gasteiger partial charge < -0.3 is 9.47 Å². The van der Waals surface area contributed by atoms with Crippen molar-refractivity contribution in [3.63, 3.8) is 0 Å². The predicted octanol–water partition coefficient (Wildman–Crippen LogP) is -0.236. The zero-order chi connectivity index (χ0) is 14.5. The summed E-state index contributed by atoms with van der Waals surface area (Å²) in [5.41, 5.74) is 0. The van der Waals surface area contributed by atoms with Crippen LogP contribution in [-0.4, -0.2) is 57.7 Å². The number of ether oxygens (including phenoxy) is 2. The molecule has 1 aliphatic rings. The fraction of sp³-hybridized carbons (Fsp3) is 0.818. The molecule has 0 aromatic rings. The minimum Gasteiger partial charge on any atom is -0.469 e. The van der Waals surface area contributed by atoms with Gasteiger partial charge in [0.15, 0.2) is 0 Å². The minimum absolute atomic E-state index is 0.121. The Labute approximate surface area is 112 Å². The molecule has 8 heteroatoms. The Hall–Kier alpha value is -1.15. The first-order valence-electron chi connectivity index (χ1n) is 6.03. The van der Waals surface area contributed by atoms with E-state index in [-0.39, 0.29) is 18.7 Å². The maximum atomic E-state index is 12.0. The largest absolute Gasteiger partial charge is 0.469 e. The first-order chi connectivity index (χ1) is 8.90. The van der Waals surface area contributed by atoms with Crippen LogP contribution in [0.15, 0.2) is 0 Å². The van der Waals surface area contributed by atoms with Gasteiger partial charge in [0, 0.05) is 13.1 Å². The molecule has 0 N–H and O–H groups in total. The van der Waals surface area contributed by atoms with Crippen molar-refractivity contribution in [2.45, 2.75) is 19.3 Å². The van der Waals surface area contributed by atoms with Crippen molar-refractivity contribution < 1.29 is 27.5 Å². The molecule has 1 rings (SSSR count). The van der Waals surface area contributed by atoms with Crippen LogP contribution in [0.2, 0.25) is 0 Å². The van der Waals surface area contributed by atoms with E-state index in [2.05, 4.69) is 9.47 Å². The molecular weight excluding hydrogens is 274 g/mol. The predicted molar refractivity (Wildman–Crippen MR) is 66.7 cm³/mol.